The van der Waals surface area contributed by atoms with Crippen LogP contribution in [-0.4, -0.2) is 44.4 Å². The van der Waals surface area contributed by atoms with Gasteiger partial charge in [-0.2, -0.15) is 0 Å². The molecule has 1 fully saturated rings. The van der Waals surface area contributed by atoms with Crippen LogP contribution in [0.1, 0.15) is 23.3 Å². The Hall–Kier alpha value is -2.51. The van der Waals surface area contributed by atoms with Crippen LogP contribution in [0.25, 0.3) is 0 Å². The minimum absolute atomic E-state index is 0.209. The summed E-state index contributed by atoms with van der Waals surface area (Å²) in [4.78, 5) is 16.8. The molecule has 1 aliphatic heterocycles. The maximum Gasteiger partial charge on any atom is 0.274 e. The summed E-state index contributed by atoms with van der Waals surface area (Å²) in [6.45, 7) is 1.51. The van der Waals surface area contributed by atoms with Crippen LogP contribution in [0.4, 0.5) is 11.4 Å². The molecule has 144 valence electrons. The zero-order valence-electron chi connectivity index (χ0n) is 15.3. The lowest BCUT2D eigenvalue weighted by Gasteiger charge is -2.14. The summed E-state index contributed by atoms with van der Waals surface area (Å²) in [5.74, 6) is 0.507. The molecule has 0 aliphatic carbocycles. The SMILES string of the molecule is COc1cc(NC(=O)c2cc(NCC3CCCO3)ccn2)c(OC)cc1Cl. The largest absolute Gasteiger partial charge is 0.495 e. The van der Waals surface area contributed by atoms with Crippen LogP contribution in [0.15, 0.2) is 30.5 Å². The lowest BCUT2D eigenvalue weighted by Crippen LogP contribution is -2.19. The van der Waals surface area contributed by atoms with Gasteiger partial charge in [0.1, 0.15) is 17.2 Å². The molecule has 8 heteroatoms. The third-order valence-corrected chi connectivity index (χ3v) is 4.57. The van der Waals surface area contributed by atoms with Crippen LogP contribution in [-0.2, 0) is 4.74 Å². The Kier molecular flexibility index (Phi) is 6.36. The highest BCUT2D eigenvalue weighted by Crippen LogP contribution is 2.36. The van der Waals surface area contributed by atoms with E-state index in [4.69, 9.17) is 25.8 Å². The number of methoxy groups -OCH3 is 2. The molecule has 7 nitrogen and oxygen atoms in total. The number of nitrogens with zero attached hydrogens (tertiary/aromatic N) is 1. The fourth-order valence-electron chi connectivity index (χ4n) is 2.85. The summed E-state index contributed by atoms with van der Waals surface area (Å²) in [5.41, 5.74) is 1.54. The summed E-state index contributed by atoms with van der Waals surface area (Å²) in [5, 5.41) is 6.47. The summed E-state index contributed by atoms with van der Waals surface area (Å²) in [6, 6.07) is 6.71. The van der Waals surface area contributed by atoms with Crippen molar-refractivity contribution in [1.82, 2.24) is 4.98 Å². The number of anilines is 2. The molecule has 2 heterocycles. The number of amides is 1. The number of hydrogen-bond acceptors (Lipinski definition) is 6. The number of carbonyl (C=O) groups excluding carboxylic acids is 1. The van der Waals surface area contributed by atoms with E-state index in [0.29, 0.717) is 28.8 Å². The summed E-state index contributed by atoms with van der Waals surface area (Å²) in [7, 11) is 3.01. The molecule has 1 saturated heterocycles. The second-order valence-corrected chi connectivity index (χ2v) is 6.49. The normalized spacial score (nSPS) is 16.0. The van der Waals surface area contributed by atoms with Gasteiger partial charge >= 0.3 is 0 Å². The van der Waals surface area contributed by atoms with Gasteiger partial charge in [0.25, 0.3) is 5.91 Å². The molecule has 1 aromatic carbocycles. The predicted octanol–water partition coefficient (Wildman–Crippen LogP) is 3.60. The third-order valence-electron chi connectivity index (χ3n) is 4.27. The molecule has 0 saturated carbocycles. The van der Waals surface area contributed by atoms with E-state index in [0.717, 1.165) is 25.1 Å². The Balaban J connectivity index is 1.71. The molecular formula is C19H22ClN3O4. The van der Waals surface area contributed by atoms with Crippen LogP contribution >= 0.6 is 11.6 Å². The molecule has 1 aromatic heterocycles. The summed E-state index contributed by atoms with van der Waals surface area (Å²) < 4.78 is 16.1. The second-order valence-electron chi connectivity index (χ2n) is 6.09. The van der Waals surface area contributed by atoms with Crippen molar-refractivity contribution in [2.24, 2.45) is 0 Å². The van der Waals surface area contributed by atoms with Crippen LogP contribution in [0.5, 0.6) is 11.5 Å². The molecule has 3 rings (SSSR count). The first-order valence-electron chi connectivity index (χ1n) is 8.65. The highest BCUT2D eigenvalue weighted by Gasteiger charge is 2.17. The van der Waals surface area contributed by atoms with Gasteiger partial charge in [0.2, 0.25) is 0 Å². The number of aromatic nitrogens is 1. The van der Waals surface area contributed by atoms with Crippen molar-refractivity contribution in [3.63, 3.8) is 0 Å². The molecule has 1 unspecified atom stereocenters. The molecule has 0 bridgehead atoms. The van der Waals surface area contributed by atoms with E-state index in [-0.39, 0.29) is 17.7 Å². The fourth-order valence-corrected chi connectivity index (χ4v) is 3.08. The van der Waals surface area contributed by atoms with Gasteiger partial charge in [0.15, 0.2) is 0 Å². The molecular weight excluding hydrogens is 370 g/mol. The van der Waals surface area contributed by atoms with Crippen molar-refractivity contribution in [1.29, 1.82) is 0 Å². The van der Waals surface area contributed by atoms with Crippen molar-refractivity contribution in [2.45, 2.75) is 18.9 Å². The zero-order valence-corrected chi connectivity index (χ0v) is 16.0. The third kappa shape index (κ3) is 4.81. The minimum Gasteiger partial charge on any atom is -0.495 e. The maximum absolute atomic E-state index is 12.6. The van der Waals surface area contributed by atoms with E-state index < -0.39 is 0 Å². The monoisotopic (exact) mass is 391 g/mol. The fraction of sp³-hybridized carbons (Fsp3) is 0.368. The number of pyridine rings is 1. The number of ether oxygens (including phenoxy) is 3. The predicted molar refractivity (Wildman–Crippen MR) is 104 cm³/mol. The van der Waals surface area contributed by atoms with Gasteiger partial charge in [0.05, 0.1) is 31.0 Å². The Bertz CT molecular complexity index is 810. The van der Waals surface area contributed by atoms with E-state index in [9.17, 15) is 4.79 Å². The Morgan fingerprint density at radius 3 is 2.81 bits per heavy atom. The number of hydrogen-bond donors (Lipinski definition) is 2. The first kappa shape index (κ1) is 19.3. The molecule has 1 atom stereocenters. The maximum atomic E-state index is 12.6. The molecule has 1 amide bonds. The van der Waals surface area contributed by atoms with Crippen LogP contribution in [0, 0.1) is 0 Å². The number of nitrogens with one attached hydrogen (secondary N) is 2. The Morgan fingerprint density at radius 2 is 2.11 bits per heavy atom. The van der Waals surface area contributed by atoms with Crippen molar-refractivity contribution in [2.75, 3.05) is 38.0 Å². The molecule has 1 aliphatic rings. The Morgan fingerprint density at radius 1 is 1.30 bits per heavy atom. The summed E-state index contributed by atoms with van der Waals surface area (Å²) in [6.07, 6.45) is 3.93. The first-order valence-corrected chi connectivity index (χ1v) is 9.03. The van der Waals surface area contributed by atoms with Gasteiger partial charge < -0.3 is 24.8 Å². The number of rotatable bonds is 7. The van der Waals surface area contributed by atoms with E-state index in [1.54, 1.807) is 24.4 Å². The first-order chi connectivity index (χ1) is 13.1. The van der Waals surface area contributed by atoms with E-state index >= 15 is 0 Å². The topological polar surface area (TPSA) is 81.7 Å². The lowest BCUT2D eigenvalue weighted by atomic mass is 10.2. The molecule has 2 aromatic rings. The van der Waals surface area contributed by atoms with Crippen LogP contribution in [0.2, 0.25) is 5.02 Å². The average Bonchev–Trinajstić information content (AvgIpc) is 3.21. The highest BCUT2D eigenvalue weighted by atomic mass is 35.5. The number of benzene rings is 1. The average molecular weight is 392 g/mol. The van der Waals surface area contributed by atoms with Crippen molar-refractivity contribution >= 4 is 28.9 Å². The van der Waals surface area contributed by atoms with Gasteiger partial charge in [-0.1, -0.05) is 11.6 Å². The lowest BCUT2D eigenvalue weighted by molar-refractivity contribution is 0.102. The standard InChI is InChI=1S/C19H22ClN3O4/c1-25-17-10-15(18(26-2)9-14(17)20)23-19(24)16-8-12(5-6-21-16)22-11-13-4-3-7-27-13/h5-6,8-10,13H,3-4,7,11H2,1-2H3,(H,21,22)(H,23,24). The molecule has 0 radical (unpaired) electrons. The van der Waals surface area contributed by atoms with E-state index in [1.165, 1.54) is 14.2 Å². The Labute approximate surface area is 163 Å². The van der Waals surface area contributed by atoms with Gasteiger partial charge in [0, 0.05) is 37.2 Å². The highest BCUT2D eigenvalue weighted by molar-refractivity contribution is 6.32. The van der Waals surface area contributed by atoms with Crippen LogP contribution in [0.3, 0.4) is 0 Å². The number of halogens is 1. The second kappa shape index (κ2) is 8.92. The summed E-state index contributed by atoms with van der Waals surface area (Å²) >= 11 is 6.09. The van der Waals surface area contributed by atoms with Gasteiger partial charge in [-0.15, -0.1) is 0 Å². The van der Waals surface area contributed by atoms with Crippen molar-refractivity contribution < 1.29 is 19.0 Å². The van der Waals surface area contributed by atoms with Crippen molar-refractivity contribution in [3.05, 3.63) is 41.2 Å². The molecule has 2 N–H and O–H groups in total. The quantitative estimate of drug-likeness (QED) is 0.750. The zero-order chi connectivity index (χ0) is 19.2. The number of carbonyl (C=O) groups is 1. The van der Waals surface area contributed by atoms with Gasteiger partial charge in [-0.05, 0) is 25.0 Å². The smallest absolute Gasteiger partial charge is 0.274 e. The van der Waals surface area contributed by atoms with Crippen LogP contribution < -0.4 is 20.1 Å². The van der Waals surface area contributed by atoms with E-state index in [1.807, 2.05) is 6.07 Å². The molecule has 0 spiro atoms. The van der Waals surface area contributed by atoms with E-state index in [2.05, 4.69) is 15.6 Å². The van der Waals surface area contributed by atoms with Gasteiger partial charge in [-0.25, -0.2) is 0 Å². The molecule has 27 heavy (non-hydrogen) atoms. The van der Waals surface area contributed by atoms with Gasteiger partial charge in [-0.3, -0.25) is 9.78 Å². The van der Waals surface area contributed by atoms with Crippen molar-refractivity contribution in [3.8, 4) is 11.5 Å². The minimum atomic E-state index is -0.363.